The van der Waals surface area contributed by atoms with E-state index in [1.165, 1.54) is 23.5 Å². The number of nitrogens with zero attached hydrogens (tertiary/aromatic N) is 3. The lowest BCUT2D eigenvalue weighted by molar-refractivity contribution is -0.115. The van der Waals surface area contributed by atoms with Gasteiger partial charge < -0.3 is 5.32 Å². The minimum Gasteiger partial charge on any atom is -0.310 e. The maximum Gasteiger partial charge on any atom is 0.226 e. The number of sulfone groups is 1. The van der Waals surface area contributed by atoms with Crippen molar-refractivity contribution in [3.8, 4) is 5.13 Å². The monoisotopic (exact) mass is 474 g/mol. The molecule has 4 aromatic rings. The van der Waals surface area contributed by atoms with Gasteiger partial charge in [0, 0.05) is 12.5 Å². The first-order valence-corrected chi connectivity index (χ1v) is 12.3. The number of halogens is 1. The number of aromatic nitrogens is 3. The van der Waals surface area contributed by atoms with Crippen LogP contribution in [0.4, 0.5) is 5.82 Å². The van der Waals surface area contributed by atoms with Gasteiger partial charge in [0.2, 0.25) is 11.0 Å². The topological polar surface area (TPSA) is 94.0 Å². The third-order valence-electron chi connectivity index (χ3n) is 4.67. The van der Waals surface area contributed by atoms with Crippen molar-refractivity contribution in [1.82, 2.24) is 14.8 Å². The van der Waals surface area contributed by atoms with Gasteiger partial charge in [-0.05, 0) is 37.6 Å². The second kappa shape index (κ2) is 8.41. The Morgan fingerprint density at radius 1 is 1.16 bits per heavy atom. The highest BCUT2D eigenvalue weighted by atomic mass is 35.5. The number of carbonyl (C=O) groups is 1. The normalized spacial score (nSPS) is 11.7. The SMILES string of the molecule is Cc1cc(NC(=O)CCS(=O)(=O)c2ccccc2)n(-c2nc3c(C)ccc(Cl)c3s2)n1. The Labute approximate surface area is 188 Å². The Morgan fingerprint density at radius 2 is 1.90 bits per heavy atom. The first-order valence-electron chi connectivity index (χ1n) is 9.45. The molecule has 2 aromatic heterocycles. The molecule has 0 fully saturated rings. The highest BCUT2D eigenvalue weighted by Crippen LogP contribution is 2.34. The molecule has 0 atom stereocenters. The molecular weight excluding hydrogens is 456 g/mol. The number of amides is 1. The zero-order valence-corrected chi connectivity index (χ0v) is 19.2. The fourth-order valence-electron chi connectivity index (χ4n) is 3.09. The lowest BCUT2D eigenvalue weighted by atomic mass is 10.2. The van der Waals surface area contributed by atoms with E-state index in [0.29, 0.717) is 21.7 Å². The van der Waals surface area contributed by atoms with E-state index < -0.39 is 15.7 Å². The molecule has 0 unspecified atom stereocenters. The van der Waals surface area contributed by atoms with E-state index in [-0.39, 0.29) is 17.1 Å². The summed E-state index contributed by atoms with van der Waals surface area (Å²) in [5, 5.41) is 8.36. The molecule has 1 amide bonds. The number of carbonyl (C=O) groups excluding carboxylic acids is 1. The number of anilines is 1. The maximum atomic E-state index is 12.5. The van der Waals surface area contributed by atoms with E-state index in [4.69, 9.17) is 11.6 Å². The van der Waals surface area contributed by atoms with Gasteiger partial charge in [-0.25, -0.2) is 13.4 Å². The van der Waals surface area contributed by atoms with Crippen LogP contribution in [0.15, 0.2) is 53.4 Å². The summed E-state index contributed by atoms with van der Waals surface area (Å²) in [6.45, 7) is 3.75. The summed E-state index contributed by atoms with van der Waals surface area (Å²) < 4.78 is 27.2. The Hall–Kier alpha value is -2.75. The summed E-state index contributed by atoms with van der Waals surface area (Å²) >= 11 is 7.68. The number of thiazole rings is 1. The molecule has 2 heterocycles. The molecular formula is C21H19ClN4O3S2. The molecule has 0 saturated carbocycles. The minimum atomic E-state index is -3.54. The first-order chi connectivity index (χ1) is 14.7. The van der Waals surface area contributed by atoms with Crippen molar-refractivity contribution in [2.24, 2.45) is 0 Å². The Bertz CT molecular complexity index is 1340. The predicted molar refractivity (Wildman–Crippen MR) is 123 cm³/mol. The van der Waals surface area contributed by atoms with Crippen molar-refractivity contribution in [2.75, 3.05) is 11.1 Å². The maximum absolute atomic E-state index is 12.5. The molecule has 0 bridgehead atoms. The highest BCUT2D eigenvalue weighted by Gasteiger charge is 2.19. The number of hydrogen-bond donors (Lipinski definition) is 1. The predicted octanol–water partition coefficient (Wildman–Crippen LogP) is 4.55. The minimum absolute atomic E-state index is 0.174. The molecule has 7 nitrogen and oxygen atoms in total. The Morgan fingerprint density at radius 3 is 2.61 bits per heavy atom. The van der Waals surface area contributed by atoms with Crippen molar-refractivity contribution in [3.05, 3.63) is 64.8 Å². The molecule has 31 heavy (non-hydrogen) atoms. The standard InChI is InChI=1S/C21H19ClN4O3S2/c1-13-8-9-16(22)20-19(13)24-21(30-20)26-17(12-14(2)25-26)23-18(27)10-11-31(28,29)15-6-4-3-5-7-15/h3-9,12H,10-11H2,1-2H3,(H,23,27). The zero-order valence-electron chi connectivity index (χ0n) is 16.8. The van der Waals surface area contributed by atoms with Gasteiger partial charge in [0.1, 0.15) is 5.82 Å². The van der Waals surface area contributed by atoms with Gasteiger partial charge in [-0.3, -0.25) is 4.79 Å². The second-order valence-corrected chi connectivity index (χ2v) is 10.5. The van der Waals surface area contributed by atoms with E-state index in [2.05, 4.69) is 15.4 Å². The number of benzene rings is 2. The number of nitrogens with one attached hydrogen (secondary N) is 1. The number of hydrogen-bond acceptors (Lipinski definition) is 6. The quantitative estimate of drug-likeness (QED) is 0.442. The molecule has 0 spiro atoms. The average molecular weight is 475 g/mol. The van der Waals surface area contributed by atoms with Gasteiger partial charge in [-0.1, -0.05) is 47.2 Å². The molecule has 0 aliphatic heterocycles. The van der Waals surface area contributed by atoms with E-state index in [0.717, 1.165) is 15.8 Å². The molecule has 10 heteroatoms. The number of fused-ring (bicyclic) bond motifs is 1. The molecule has 1 N–H and O–H groups in total. The summed E-state index contributed by atoms with van der Waals surface area (Å²) in [7, 11) is -3.54. The van der Waals surface area contributed by atoms with Crippen LogP contribution < -0.4 is 5.32 Å². The number of rotatable bonds is 6. The molecule has 160 valence electrons. The van der Waals surface area contributed by atoms with Crippen LogP contribution in [0.5, 0.6) is 0 Å². The van der Waals surface area contributed by atoms with Gasteiger partial charge in [0.25, 0.3) is 0 Å². The molecule has 4 rings (SSSR count). The molecule has 0 aliphatic rings. The Balaban J connectivity index is 1.55. The van der Waals surface area contributed by atoms with Gasteiger partial charge in [0.15, 0.2) is 9.84 Å². The third-order valence-corrected chi connectivity index (χ3v) is 7.89. The molecule has 0 radical (unpaired) electrons. The lowest BCUT2D eigenvalue weighted by Gasteiger charge is -2.07. The van der Waals surface area contributed by atoms with Crippen LogP contribution in [0.25, 0.3) is 15.3 Å². The molecule has 0 aliphatic carbocycles. The van der Waals surface area contributed by atoms with E-state index in [1.54, 1.807) is 35.9 Å². The highest BCUT2D eigenvalue weighted by molar-refractivity contribution is 7.91. The fraction of sp³-hybridized carbons (Fsp3) is 0.190. The summed E-state index contributed by atoms with van der Waals surface area (Å²) in [6, 6.07) is 13.5. The molecule has 2 aromatic carbocycles. The van der Waals surface area contributed by atoms with Crippen LogP contribution in [0.1, 0.15) is 17.7 Å². The van der Waals surface area contributed by atoms with Crippen LogP contribution in [0.3, 0.4) is 0 Å². The van der Waals surface area contributed by atoms with E-state index in [9.17, 15) is 13.2 Å². The van der Waals surface area contributed by atoms with Crippen molar-refractivity contribution in [2.45, 2.75) is 25.2 Å². The van der Waals surface area contributed by atoms with Crippen LogP contribution in [-0.4, -0.2) is 34.8 Å². The largest absolute Gasteiger partial charge is 0.310 e. The van der Waals surface area contributed by atoms with Crippen molar-refractivity contribution in [3.63, 3.8) is 0 Å². The van der Waals surface area contributed by atoms with Gasteiger partial charge in [-0.2, -0.15) is 9.78 Å². The van der Waals surface area contributed by atoms with E-state index in [1.807, 2.05) is 19.1 Å². The zero-order chi connectivity index (χ0) is 22.2. The lowest BCUT2D eigenvalue weighted by Crippen LogP contribution is -2.19. The van der Waals surface area contributed by atoms with Gasteiger partial charge >= 0.3 is 0 Å². The Kier molecular flexibility index (Phi) is 5.83. The summed E-state index contributed by atoms with van der Waals surface area (Å²) in [6.07, 6.45) is -0.174. The summed E-state index contributed by atoms with van der Waals surface area (Å²) in [5.41, 5.74) is 2.46. The number of aryl methyl sites for hydroxylation is 2. The van der Waals surface area contributed by atoms with Crippen LogP contribution in [-0.2, 0) is 14.6 Å². The van der Waals surface area contributed by atoms with Crippen molar-refractivity contribution >= 4 is 54.7 Å². The smallest absolute Gasteiger partial charge is 0.226 e. The summed E-state index contributed by atoms with van der Waals surface area (Å²) in [4.78, 5) is 17.3. The van der Waals surface area contributed by atoms with Crippen LogP contribution in [0.2, 0.25) is 5.02 Å². The van der Waals surface area contributed by atoms with E-state index >= 15 is 0 Å². The molecule has 0 saturated heterocycles. The van der Waals surface area contributed by atoms with Crippen LogP contribution in [0, 0.1) is 13.8 Å². The van der Waals surface area contributed by atoms with Crippen molar-refractivity contribution in [1.29, 1.82) is 0 Å². The van der Waals surface area contributed by atoms with Crippen molar-refractivity contribution < 1.29 is 13.2 Å². The summed E-state index contributed by atoms with van der Waals surface area (Å²) in [5.74, 6) is -0.283. The third kappa shape index (κ3) is 4.48. The average Bonchev–Trinajstić information content (AvgIpc) is 3.34. The van der Waals surface area contributed by atoms with Gasteiger partial charge in [-0.15, -0.1) is 0 Å². The van der Waals surface area contributed by atoms with Gasteiger partial charge in [0.05, 0.1) is 31.6 Å². The fourth-order valence-corrected chi connectivity index (χ4v) is 5.64. The second-order valence-electron chi connectivity index (χ2n) is 7.05. The first kappa shape index (κ1) is 21.5. The van der Waals surface area contributed by atoms with Crippen LogP contribution >= 0.6 is 22.9 Å².